The topological polar surface area (TPSA) is 105 Å². The molecule has 2 amide bonds. The van der Waals surface area contributed by atoms with Crippen LogP contribution >= 0.6 is 24.0 Å². The maximum absolute atomic E-state index is 13.0. The number of nitrogens with one attached hydrogen (secondary N) is 1. The molecule has 1 saturated heterocycles. The Morgan fingerprint density at radius 2 is 1.97 bits per heavy atom. The first-order valence-electron chi connectivity index (χ1n) is 9.57. The number of fused-ring (bicyclic) bond motifs is 2. The van der Waals surface area contributed by atoms with Gasteiger partial charge in [-0.3, -0.25) is 30.0 Å². The molecule has 1 aromatic rings. The van der Waals surface area contributed by atoms with Crippen LogP contribution in [0.4, 0.5) is 5.69 Å². The van der Waals surface area contributed by atoms with Crippen molar-refractivity contribution in [2.75, 3.05) is 5.88 Å². The second-order valence-electron chi connectivity index (χ2n) is 8.39. The molecule has 2 bridgehead atoms. The molecule has 1 aromatic carbocycles. The largest absolute Gasteiger partial charge is 0.274 e. The van der Waals surface area contributed by atoms with Crippen LogP contribution in [0.2, 0.25) is 0 Å². The molecule has 1 aliphatic heterocycles. The van der Waals surface area contributed by atoms with Crippen LogP contribution < -0.4 is 5.43 Å². The number of carbonyl (C=O) groups excluding carboxylic acids is 2. The van der Waals surface area contributed by atoms with E-state index in [9.17, 15) is 19.7 Å². The van der Waals surface area contributed by atoms with E-state index in [-0.39, 0.29) is 34.7 Å². The second kappa shape index (κ2) is 8.07. The summed E-state index contributed by atoms with van der Waals surface area (Å²) < 4.78 is 0.333. The standard InChI is InChI=1S/C20H24N4O4S2/c1-12(13-5-7-14(8-6-13)24(27)28)21-22-18(29)30-11-23-16(25)15-9-10-20(4,17(23)26)19(15,2)3/h5-8,15H,9-11H2,1-4H3,(H,22,29)/t15-,20+/m1/s1. The van der Waals surface area contributed by atoms with Gasteiger partial charge in [-0.15, -0.1) is 0 Å². The molecule has 0 unspecified atom stereocenters. The number of hydrazone groups is 1. The quantitative estimate of drug-likeness (QED) is 0.241. The van der Waals surface area contributed by atoms with Crippen molar-refractivity contribution in [2.24, 2.45) is 21.8 Å². The van der Waals surface area contributed by atoms with Crippen LogP contribution in [-0.4, -0.2) is 37.5 Å². The lowest BCUT2D eigenvalue weighted by Gasteiger charge is -2.47. The Kier molecular flexibility index (Phi) is 6.01. The molecule has 0 radical (unpaired) electrons. The number of nitrogens with zero attached hydrogens (tertiary/aromatic N) is 3. The second-order valence-corrected chi connectivity index (χ2v) is 10.0. The van der Waals surface area contributed by atoms with Crippen LogP contribution in [0.25, 0.3) is 0 Å². The Morgan fingerprint density at radius 3 is 2.57 bits per heavy atom. The van der Waals surface area contributed by atoms with Gasteiger partial charge in [0.15, 0.2) is 4.32 Å². The van der Waals surface area contributed by atoms with Crippen LogP contribution in [0.3, 0.4) is 0 Å². The zero-order chi connectivity index (χ0) is 22.3. The Balaban J connectivity index is 1.59. The molecular formula is C20H24N4O4S2. The number of nitro groups is 1. The van der Waals surface area contributed by atoms with Crippen molar-refractivity contribution in [3.05, 3.63) is 39.9 Å². The SMILES string of the molecule is CC(=NNC(=S)SCN1C(=O)[C@H]2CC[C@@](C)(C1=O)C2(C)C)c1ccc([N+](=O)[O-])cc1. The lowest BCUT2D eigenvalue weighted by molar-refractivity contribution is -0.384. The maximum Gasteiger partial charge on any atom is 0.269 e. The number of piperidine rings is 1. The number of amides is 2. The van der Waals surface area contributed by atoms with Gasteiger partial charge in [0, 0.05) is 18.1 Å². The van der Waals surface area contributed by atoms with Gasteiger partial charge in [-0.2, -0.15) is 5.10 Å². The molecule has 1 saturated carbocycles. The van der Waals surface area contributed by atoms with Gasteiger partial charge in [0.25, 0.3) is 5.69 Å². The van der Waals surface area contributed by atoms with Crippen LogP contribution in [-0.2, 0) is 9.59 Å². The fraction of sp³-hybridized carbons (Fsp3) is 0.500. The molecule has 0 aromatic heterocycles. The summed E-state index contributed by atoms with van der Waals surface area (Å²) in [5.74, 6) is -0.254. The molecule has 2 aliphatic rings. The number of hydrogen-bond donors (Lipinski definition) is 1. The monoisotopic (exact) mass is 448 g/mol. The molecular weight excluding hydrogens is 424 g/mol. The summed E-state index contributed by atoms with van der Waals surface area (Å²) in [5.41, 5.74) is 3.20. The van der Waals surface area contributed by atoms with Crippen LogP contribution in [0.15, 0.2) is 29.4 Å². The minimum absolute atomic E-state index is 0.00675. The Morgan fingerprint density at radius 1 is 1.33 bits per heavy atom. The molecule has 0 spiro atoms. The van der Waals surface area contributed by atoms with Gasteiger partial charge in [-0.05, 0) is 42.9 Å². The van der Waals surface area contributed by atoms with Crippen molar-refractivity contribution >= 4 is 51.5 Å². The third-order valence-electron chi connectivity index (χ3n) is 6.64. The van der Waals surface area contributed by atoms with E-state index in [1.807, 2.05) is 20.8 Å². The van der Waals surface area contributed by atoms with Gasteiger partial charge in [-0.25, -0.2) is 0 Å². The van der Waals surface area contributed by atoms with Crippen molar-refractivity contribution in [3.63, 3.8) is 0 Å². The molecule has 2 fully saturated rings. The average molecular weight is 449 g/mol. The number of likely N-dealkylation sites (tertiary alicyclic amines) is 1. The molecule has 10 heteroatoms. The summed E-state index contributed by atoms with van der Waals surface area (Å²) in [7, 11) is 0. The number of imide groups is 1. The first-order valence-corrected chi connectivity index (χ1v) is 11.0. The summed E-state index contributed by atoms with van der Waals surface area (Å²) >= 11 is 6.45. The van der Waals surface area contributed by atoms with Gasteiger partial charge in [-0.1, -0.05) is 44.8 Å². The van der Waals surface area contributed by atoms with E-state index < -0.39 is 10.3 Å². The number of non-ortho nitro benzene ring substituents is 1. The smallest absolute Gasteiger partial charge is 0.269 e. The van der Waals surface area contributed by atoms with Gasteiger partial charge in [0.1, 0.15) is 0 Å². The number of carbonyl (C=O) groups is 2. The fourth-order valence-electron chi connectivity index (χ4n) is 4.20. The van der Waals surface area contributed by atoms with Crippen LogP contribution in [0.1, 0.15) is 46.1 Å². The number of thioether (sulfide) groups is 1. The molecule has 3 rings (SSSR count). The number of thiocarbonyl (C=S) groups is 1. The first kappa shape index (κ1) is 22.4. The number of nitro benzene ring substituents is 1. The van der Waals surface area contributed by atoms with Gasteiger partial charge in [0.2, 0.25) is 11.8 Å². The highest BCUT2D eigenvalue weighted by atomic mass is 32.2. The molecule has 30 heavy (non-hydrogen) atoms. The average Bonchev–Trinajstić information content (AvgIpc) is 2.89. The number of rotatable bonds is 5. The summed E-state index contributed by atoms with van der Waals surface area (Å²) in [6, 6.07) is 6.03. The maximum atomic E-state index is 13.0. The van der Waals surface area contributed by atoms with Gasteiger partial charge in [0.05, 0.1) is 21.9 Å². The van der Waals surface area contributed by atoms with Crippen molar-refractivity contribution in [1.82, 2.24) is 10.3 Å². The molecule has 1 heterocycles. The number of hydrogen-bond acceptors (Lipinski definition) is 7. The summed E-state index contributed by atoms with van der Waals surface area (Å²) in [6.45, 7) is 7.72. The highest BCUT2D eigenvalue weighted by Gasteiger charge is 2.64. The molecule has 2 atom stereocenters. The Hall–Kier alpha value is -2.33. The van der Waals surface area contributed by atoms with E-state index >= 15 is 0 Å². The van der Waals surface area contributed by atoms with E-state index in [0.717, 1.165) is 12.8 Å². The summed E-state index contributed by atoms with van der Waals surface area (Å²) in [5, 5.41) is 14.9. The zero-order valence-electron chi connectivity index (χ0n) is 17.3. The fourth-order valence-corrected chi connectivity index (χ4v) is 5.00. The van der Waals surface area contributed by atoms with Crippen LogP contribution in [0, 0.1) is 26.9 Å². The molecule has 160 valence electrons. The first-order chi connectivity index (χ1) is 14.0. The predicted molar refractivity (Wildman–Crippen MR) is 120 cm³/mol. The van der Waals surface area contributed by atoms with E-state index in [1.54, 1.807) is 19.1 Å². The highest BCUT2D eigenvalue weighted by Crippen LogP contribution is 2.60. The van der Waals surface area contributed by atoms with Crippen LogP contribution in [0.5, 0.6) is 0 Å². The minimum atomic E-state index is -0.536. The third kappa shape index (κ3) is 3.74. The third-order valence-corrected chi connectivity index (χ3v) is 7.83. The highest BCUT2D eigenvalue weighted by molar-refractivity contribution is 8.22. The predicted octanol–water partition coefficient (Wildman–Crippen LogP) is 3.70. The van der Waals surface area contributed by atoms with Crippen molar-refractivity contribution in [3.8, 4) is 0 Å². The van der Waals surface area contributed by atoms with E-state index in [2.05, 4.69) is 10.5 Å². The number of benzene rings is 1. The van der Waals surface area contributed by atoms with Crippen molar-refractivity contribution in [1.29, 1.82) is 0 Å². The summed E-state index contributed by atoms with van der Waals surface area (Å²) in [6.07, 6.45) is 1.45. The Bertz CT molecular complexity index is 945. The Labute approximate surface area is 184 Å². The van der Waals surface area contributed by atoms with E-state index in [0.29, 0.717) is 15.6 Å². The van der Waals surface area contributed by atoms with Crippen molar-refractivity contribution in [2.45, 2.75) is 40.5 Å². The van der Waals surface area contributed by atoms with E-state index in [1.165, 1.54) is 28.8 Å². The summed E-state index contributed by atoms with van der Waals surface area (Å²) in [4.78, 5) is 37.5. The lowest BCUT2D eigenvalue weighted by atomic mass is 9.62. The molecule has 1 N–H and O–H groups in total. The minimum Gasteiger partial charge on any atom is -0.274 e. The zero-order valence-corrected chi connectivity index (χ0v) is 18.9. The van der Waals surface area contributed by atoms with Crippen molar-refractivity contribution < 1.29 is 14.5 Å². The molecule has 8 nitrogen and oxygen atoms in total. The lowest BCUT2D eigenvalue weighted by Crippen LogP contribution is -2.58. The van der Waals surface area contributed by atoms with Gasteiger partial charge >= 0.3 is 0 Å². The van der Waals surface area contributed by atoms with Gasteiger partial charge < -0.3 is 0 Å². The molecule has 1 aliphatic carbocycles. The normalized spacial score (nSPS) is 25.4. The van der Waals surface area contributed by atoms with E-state index in [4.69, 9.17) is 12.2 Å².